The van der Waals surface area contributed by atoms with Crippen LogP contribution in [0.15, 0.2) is 0 Å². The van der Waals surface area contributed by atoms with Crippen LogP contribution in [0, 0.1) is 11.3 Å². The Hall–Kier alpha value is -0.370. The summed E-state index contributed by atoms with van der Waals surface area (Å²) in [7, 11) is 0. The molecule has 2 atom stereocenters. The third-order valence-electron chi connectivity index (χ3n) is 4.47. The van der Waals surface area contributed by atoms with Gasteiger partial charge in [0.15, 0.2) is 0 Å². The fraction of sp³-hybridized carbons (Fsp3) is 0.933. The summed E-state index contributed by atoms with van der Waals surface area (Å²) in [4.78, 5) is 14.8. The van der Waals surface area contributed by atoms with Crippen molar-refractivity contribution in [2.24, 2.45) is 11.3 Å². The smallest absolute Gasteiger partial charge is 0.142 e. The van der Waals surface area contributed by atoms with E-state index in [1.165, 1.54) is 6.42 Å². The number of nitrogens with zero attached hydrogens (tertiary/aromatic N) is 1. The molecule has 2 unspecified atom stereocenters. The summed E-state index contributed by atoms with van der Waals surface area (Å²) in [6.07, 6.45) is 4.53. The second-order valence-corrected chi connectivity index (χ2v) is 6.18. The number of carbonyl (C=O) groups is 1. The number of ketones is 1. The normalized spacial score (nSPS) is 26.2. The monoisotopic (exact) mass is 239 g/mol. The first-order valence-electron chi connectivity index (χ1n) is 7.20. The van der Waals surface area contributed by atoms with Crippen LogP contribution in [-0.4, -0.2) is 29.8 Å². The van der Waals surface area contributed by atoms with Crippen molar-refractivity contribution in [1.29, 1.82) is 0 Å². The van der Waals surface area contributed by atoms with Gasteiger partial charge in [0.05, 0.1) is 0 Å². The summed E-state index contributed by atoms with van der Waals surface area (Å²) in [5, 5.41) is 0. The van der Waals surface area contributed by atoms with Crippen LogP contribution in [0.5, 0.6) is 0 Å². The summed E-state index contributed by atoms with van der Waals surface area (Å²) >= 11 is 0. The molecule has 2 nitrogen and oxygen atoms in total. The average Bonchev–Trinajstić information content (AvgIpc) is 2.30. The lowest BCUT2D eigenvalue weighted by Crippen LogP contribution is -2.44. The molecule has 0 spiro atoms. The maximum atomic E-state index is 12.4. The second kappa shape index (κ2) is 5.99. The largest absolute Gasteiger partial charge is 0.300 e. The van der Waals surface area contributed by atoms with Gasteiger partial charge in [-0.2, -0.15) is 0 Å². The fourth-order valence-corrected chi connectivity index (χ4v) is 2.93. The minimum Gasteiger partial charge on any atom is -0.300 e. The molecule has 0 radical (unpaired) electrons. The molecular weight excluding hydrogens is 210 g/mol. The molecule has 1 rings (SSSR count). The zero-order valence-corrected chi connectivity index (χ0v) is 12.3. The van der Waals surface area contributed by atoms with Gasteiger partial charge in [0.1, 0.15) is 5.78 Å². The Bertz CT molecular complexity index is 260. The minimum atomic E-state index is -0.0855. The molecule has 1 saturated carbocycles. The van der Waals surface area contributed by atoms with E-state index in [1.807, 2.05) is 0 Å². The van der Waals surface area contributed by atoms with Crippen molar-refractivity contribution in [3.63, 3.8) is 0 Å². The molecule has 2 heteroatoms. The predicted octanol–water partition coefficient (Wildman–Crippen LogP) is 3.50. The topological polar surface area (TPSA) is 20.3 Å². The molecule has 0 N–H and O–H groups in total. The fourth-order valence-electron chi connectivity index (χ4n) is 2.93. The molecule has 1 fully saturated rings. The zero-order valence-electron chi connectivity index (χ0n) is 12.3. The van der Waals surface area contributed by atoms with Crippen LogP contribution >= 0.6 is 0 Å². The van der Waals surface area contributed by atoms with E-state index in [4.69, 9.17) is 0 Å². The Balaban J connectivity index is 2.63. The van der Waals surface area contributed by atoms with E-state index in [9.17, 15) is 4.79 Å². The van der Waals surface area contributed by atoms with Gasteiger partial charge in [-0.15, -0.1) is 0 Å². The number of rotatable bonds is 5. The number of hydrogen-bond acceptors (Lipinski definition) is 2. The molecule has 1 aliphatic carbocycles. The first kappa shape index (κ1) is 14.7. The van der Waals surface area contributed by atoms with Crippen LogP contribution in [0.2, 0.25) is 0 Å². The van der Waals surface area contributed by atoms with Gasteiger partial charge in [-0.3, -0.25) is 4.79 Å². The highest BCUT2D eigenvalue weighted by Crippen LogP contribution is 2.35. The molecular formula is C15H29NO. The van der Waals surface area contributed by atoms with E-state index in [-0.39, 0.29) is 11.3 Å². The van der Waals surface area contributed by atoms with Crippen molar-refractivity contribution in [3.05, 3.63) is 0 Å². The quantitative estimate of drug-likeness (QED) is 0.732. The lowest BCUT2D eigenvalue weighted by molar-refractivity contribution is -0.135. The van der Waals surface area contributed by atoms with Gasteiger partial charge < -0.3 is 4.90 Å². The summed E-state index contributed by atoms with van der Waals surface area (Å²) in [6.45, 7) is 12.9. The Morgan fingerprint density at radius 2 is 2.06 bits per heavy atom. The summed E-state index contributed by atoms with van der Waals surface area (Å²) in [6, 6.07) is 0.595. The van der Waals surface area contributed by atoms with Crippen LogP contribution in [0.25, 0.3) is 0 Å². The lowest BCUT2D eigenvalue weighted by Gasteiger charge is -2.37. The van der Waals surface area contributed by atoms with Gasteiger partial charge in [-0.05, 0) is 32.7 Å². The van der Waals surface area contributed by atoms with Crippen molar-refractivity contribution < 1.29 is 4.79 Å². The van der Waals surface area contributed by atoms with Crippen molar-refractivity contribution in [1.82, 2.24) is 4.90 Å². The Morgan fingerprint density at radius 1 is 1.41 bits per heavy atom. The molecule has 0 aliphatic heterocycles. The van der Waals surface area contributed by atoms with Crippen LogP contribution in [0.4, 0.5) is 0 Å². The molecule has 100 valence electrons. The van der Waals surface area contributed by atoms with Gasteiger partial charge in [0.2, 0.25) is 0 Å². The van der Waals surface area contributed by atoms with E-state index in [2.05, 4.69) is 39.5 Å². The van der Waals surface area contributed by atoms with E-state index >= 15 is 0 Å². The van der Waals surface area contributed by atoms with Crippen molar-refractivity contribution >= 4 is 5.78 Å². The van der Waals surface area contributed by atoms with Gasteiger partial charge in [0.25, 0.3) is 0 Å². The van der Waals surface area contributed by atoms with Crippen LogP contribution in [-0.2, 0) is 4.79 Å². The molecule has 0 aromatic rings. The molecule has 17 heavy (non-hydrogen) atoms. The first-order chi connectivity index (χ1) is 7.92. The predicted molar refractivity (Wildman–Crippen MR) is 73.1 cm³/mol. The van der Waals surface area contributed by atoms with Gasteiger partial charge in [0, 0.05) is 23.9 Å². The SMILES string of the molecule is CCC(C)N(CC)CC1CCCC(C)(C)C1=O. The van der Waals surface area contributed by atoms with Crippen molar-refractivity contribution in [2.75, 3.05) is 13.1 Å². The van der Waals surface area contributed by atoms with Crippen molar-refractivity contribution in [2.45, 2.75) is 66.3 Å². The highest BCUT2D eigenvalue weighted by molar-refractivity contribution is 5.87. The van der Waals surface area contributed by atoms with Crippen LogP contribution in [0.1, 0.15) is 60.3 Å². The molecule has 0 heterocycles. The lowest BCUT2D eigenvalue weighted by atomic mass is 9.71. The Labute approximate surface area is 107 Å². The minimum absolute atomic E-state index is 0.0855. The van der Waals surface area contributed by atoms with Gasteiger partial charge in [-0.1, -0.05) is 34.1 Å². The van der Waals surface area contributed by atoms with E-state index in [0.717, 1.165) is 32.4 Å². The molecule has 0 amide bonds. The third kappa shape index (κ3) is 3.54. The van der Waals surface area contributed by atoms with Crippen LogP contribution < -0.4 is 0 Å². The number of Topliss-reactive ketones (excluding diaryl/α,β-unsaturated/α-hetero) is 1. The van der Waals surface area contributed by atoms with E-state index in [0.29, 0.717) is 11.8 Å². The Kier molecular flexibility index (Phi) is 5.18. The average molecular weight is 239 g/mol. The van der Waals surface area contributed by atoms with E-state index in [1.54, 1.807) is 0 Å². The van der Waals surface area contributed by atoms with Gasteiger partial charge >= 0.3 is 0 Å². The van der Waals surface area contributed by atoms with Crippen LogP contribution in [0.3, 0.4) is 0 Å². The zero-order chi connectivity index (χ0) is 13.1. The molecule has 0 aromatic heterocycles. The van der Waals surface area contributed by atoms with E-state index < -0.39 is 0 Å². The first-order valence-corrected chi connectivity index (χ1v) is 7.20. The molecule has 0 saturated heterocycles. The number of carbonyl (C=O) groups excluding carboxylic acids is 1. The second-order valence-electron chi connectivity index (χ2n) is 6.18. The maximum absolute atomic E-state index is 12.4. The summed E-state index contributed by atoms with van der Waals surface area (Å²) < 4.78 is 0. The van der Waals surface area contributed by atoms with Gasteiger partial charge in [-0.25, -0.2) is 0 Å². The molecule has 0 bridgehead atoms. The number of hydrogen-bond donors (Lipinski definition) is 0. The highest BCUT2D eigenvalue weighted by atomic mass is 16.1. The maximum Gasteiger partial charge on any atom is 0.142 e. The standard InChI is InChI=1S/C15H29NO/c1-6-12(3)16(7-2)11-13-9-8-10-15(4,5)14(13)17/h12-13H,6-11H2,1-5H3. The highest BCUT2D eigenvalue weighted by Gasteiger charge is 2.37. The molecule has 0 aromatic carbocycles. The third-order valence-corrected chi connectivity index (χ3v) is 4.47. The summed E-state index contributed by atoms with van der Waals surface area (Å²) in [5.74, 6) is 0.762. The summed E-state index contributed by atoms with van der Waals surface area (Å²) in [5.41, 5.74) is -0.0855. The Morgan fingerprint density at radius 3 is 2.59 bits per heavy atom. The van der Waals surface area contributed by atoms with Crippen molar-refractivity contribution in [3.8, 4) is 0 Å². The molecule has 1 aliphatic rings.